The van der Waals surface area contributed by atoms with E-state index in [1.807, 2.05) is 25.3 Å². The molecule has 4 rings (SSSR count). The quantitative estimate of drug-likeness (QED) is 0.714. The molecule has 0 atom stereocenters. The van der Waals surface area contributed by atoms with Gasteiger partial charge >= 0.3 is 0 Å². The fourth-order valence-electron chi connectivity index (χ4n) is 3.28. The van der Waals surface area contributed by atoms with Crippen molar-refractivity contribution in [3.63, 3.8) is 0 Å². The van der Waals surface area contributed by atoms with E-state index in [-0.39, 0.29) is 5.82 Å². The van der Waals surface area contributed by atoms with E-state index in [1.165, 1.54) is 12.1 Å². The smallest absolute Gasteiger partial charge is 0.132 e. The Morgan fingerprint density at radius 2 is 1.56 bits per heavy atom. The van der Waals surface area contributed by atoms with Gasteiger partial charge in [0.2, 0.25) is 0 Å². The predicted molar refractivity (Wildman–Crippen MR) is 105 cm³/mol. The molecule has 0 amide bonds. The first kappa shape index (κ1) is 17.5. The van der Waals surface area contributed by atoms with E-state index < -0.39 is 0 Å². The molecule has 3 aromatic rings. The Labute approximate surface area is 158 Å². The van der Waals surface area contributed by atoms with Crippen LogP contribution in [0.2, 0.25) is 0 Å². The van der Waals surface area contributed by atoms with Gasteiger partial charge in [0, 0.05) is 55.8 Å². The second-order valence-electron chi connectivity index (χ2n) is 6.92. The molecular weight excluding hydrogens is 341 g/mol. The standard InChI is InChI=1S/C21H22FN5/c1-15-24-20(12-21(25-15)27-9-7-26(2)8-10-27)18-11-17(13-23-14-18)16-3-5-19(22)6-4-16/h3-6,11-14H,7-10H2,1-2H3. The Morgan fingerprint density at radius 1 is 0.852 bits per heavy atom. The summed E-state index contributed by atoms with van der Waals surface area (Å²) in [6.07, 6.45) is 3.59. The van der Waals surface area contributed by atoms with E-state index in [0.29, 0.717) is 0 Å². The molecule has 1 fully saturated rings. The minimum atomic E-state index is -0.244. The van der Waals surface area contributed by atoms with Crippen LogP contribution < -0.4 is 4.90 Å². The summed E-state index contributed by atoms with van der Waals surface area (Å²) in [7, 11) is 2.14. The van der Waals surface area contributed by atoms with Gasteiger partial charge in [0.25, 0.3) is 0 Å². The summed E-state index contributed by atoms with van der Waals surface area (Å²) in [4.78, 5) is 18.2. The van der Waals surface area contributed by atoms with Gasteiger partial charge in [0.15, 0.2) is 0 Å². The van der Waals surface area contributed by atoms with Crippen molar-refractivity contribution in [1.82, 2.24) is 19.9 Å². The first-order chi connectivity index (χ1) is 13.1. The summed E-state index contributed by atoms with van der Waals surface area (Å²) in [5, 5.41) is 0. The molecule has 0 aliphatic carbocycles. The summed E-state index contributed by atoms with van der Waals surface area (Å²) in [5.74, 6) is 1.46. The van der Waals surface area contributed by atoms with Crippen LogP contribution in [0.5, 0.6) is 0 Å². The molecule has 27 heavy (non-hydrogen) atoms. The van der Waals surface area contributed by atoms with Crippen molar-refractivity contribution in [2.24, 2.45) is 0 Å². The molecule has 2 aromatic heterocycles. The number of nitrogens with zero attached hydrogens (tertiary/aromatic N) is 5. The Balaban J connectivity index is 1.67. The average molecular weight is 363 g/mol. The van der Waals surface area contributed by atoms with Gasteiger partial charge in [-0.25, -0.2) is 14.4 Å². The zero-order chi connectivity index (χ0) is 18.8. The Morgan fingerprint density at radius 3 is 2.30 bits per heavy atom. The van der Waals surface area contributed by atoms with Gasteiger partial charge in [-0.2, -0.15) is 0 Å². The summed E-state index contributed by atoms with van der Waals surface area (Å²) in [6.45, 7) is 5.89. The lowest BCUT2D eigenvalue weighted by Crippen LogP contribution is -2.44. The van der Waals surface area contributed by atoms with Crippen molar-refractivity contribution in [3.05, 3.63) is 60.4 Å². The van der Waals surface area contributed by atoms with E-state index in [1.54, 1.807) is 18.3 Å². The molecule has 0 N–H and O–H groups in total. The van der Waals surface area contributed by atoms with Crippen LogP contribution in [-0.2, 0) is 0 Å². The zero-order valence-corrected chi connectivity index (χ0v) is 15.6. The van der Waals surface area contributed by atoms with Crippen molar-refractivity contribution in [2.45, 2.75) is 6.92 Å². The van der Waals surface area contributed by atoms with Crippen LogP contribution in [0.4, 0.5) is 10.2 Å². The van der Waals surface area contributed by atoms with Crippen LogP contribution in [0.15, 0.2) is 48.8 Å². The number of anilines is 1. The van der Waals surface area contributed by atoms with Crippen molar-refractivity contribution >= 4 is 5.82 Å². The minimum Gasteiger partial charge on any atom is -0.354 e. The van der Waals surface area contributed by atoms with Crippen molar-refractivity contribution in [3.8, 4) is 22.4 Å². The van der Waals surface area contributed by atoms with Gasteiger partial charge in [0.05, 0.1) is 5.69 Å². The Bertz CT molecular complexity index is 934. The Hall–Kier alpha value is -2.86. The highest BCUT2D eigenvalue weighted by Gasteiger charge is 2.17. The first-order valence-electron chi connectivity index (χ1n) is 9.09. The maximum Gasteiger partial charge on any atom is 0.132 e. The number of likely N-dealkylation sites (N-methyl/N-ethyl adjacent to an activating group) is 1. The zero-order valence-electron chi connectivity index (χ0n) is 15.6. The van der Waals surface area contributed by atoms with E-state index in [2.05, 4.69) is 31.8 Å². The van der Waals surface area contributed by atoms with Crippen LogP contribution in [0, 0.1) is 12.7 Å². The molecule has 0 unspecified atom stereocenters. The minimum absolute atomic E-state index is 0.244. The van der Waals surface area contributed by atoms with E-state index in [9.17, 15) is 4.39 Å². The molecule has 1 aromatic carbocycles. The number of aryl methyl sites for hydroxylation is 1. The van der Waals surface area contributed by atoms with Crippen LogP contribution in [0.1, 0.15) is 5.82 Å². The highest BCUT2D eigenvalue weighted by molar-refractivity contribution is 5.71. The number of benzene rings is 1. The van der Waals surface area contributed by atoms with Crippen LogP contribution in [0.25, 0.3) is 22.4 Å². The van der Waals surface area contributed by atoms with Crippen molar-refractivity contribution in [2.75, 3.05) is 38.1 Å². The monoisotopic (exact) mass is 363 g/mol. The van der Waals surface area contributed by atoms with Gasteiger partial charge in [-0.15, -0.1) is 0 Å². The highest BCUT2D eigenvalue weighted by atomic mass is 19.1. The van der Waals surface area contributed by atoms with E-state index >= 15 is 0 Å². The van der Waals surface area contributed by atoms with Gasteiger partial charge in [-0.1, -0.05) is 12.1 Å². The summed E-state index contributed by atoms with van der Waals surface area (Å²) >= 11 is 0. The lowest BCUT2D eigenvalue weighted by molar-refractivity contribution is 0.312. The Kier molecular flexibility index (Phi) is 4.81. The second-order valence-corrected chi connectivity index (χ2v) is 6.92. The first-order valence-corrected chi connectivity index (χ1v) is 9.09. The molecule has 0 radical (unpaired) electrons. The third-order valence-electron chi connectivity index (χ3n) is 4.86. The lowest BCUT2D eigenvalue weighted by atomic mass is 10.0. The molecule has 3 heterocycles. The topological polar surface area (TPSA) is 45.2 Å². The maximum absolute atomic E-state index is 13.2. The number of pyridine rings is 1. The fraction of sp³-hybridized carbons (Fsp3) is 0.286. The molecule has 1 aliphatic rings. The largest absolute Gasteiger partial charge is 0.354 e. The van der Waals surface area contributed by atoms with Crippen LogP contribution in [-0.4, -0.2) is 53.1 Å². The molecule has 1 aliphatic heterocycles. The number of hydrogen-bond acceptors (Lipinski definition) is 5. The number of hydrogen-bond donors (Lipinski definition) is 0. The predicted octanol–water partition coefficient (Wildman–Crippen LogP) is 3.40. The summed E-state index contributed by atoms with van der Waals surface area (Å²) in [5.41, 5.74) is 3.64. The number of rotatable bonds is 3. The van der Waals surface area contributed by atoms with E-state index in [0.717, 1.165) is 60.2 Å². The normalized spacial score (nSPS) is 15.1. The molecule has 6 heteroatoms. The van der Waals surface area contributed by atoms with Gasteiger partial charge < -0.3 is 9.80 Å². The molecule has 1 saturated heterocycles. The fourth-order valence-corrected chi connectivity index (χ4v) is 3.28. The van der Waals surface area contributed by atoms with Crippen molar-refractivity contribution in [1.29, 1.82) is 0 Å². The lowest BCUT2D eigenvalue weighted by Gasteiger charge is -2.33. The molecule has 0 bridgehead atoms. The third-order valence-corrected chi connectivity index (χ3v) is 4.86. The highest BCUT2D eigenvalue weighted by Crippen LogP contribution is 2.26. The number of piperazine rings is 1. The van der Waals surface area contributed by atoms with Gasteiger partial charge in [0.1, 0.15) is 17.5 Å². The molecule has 0 saturated carbocycles. The maximum atomic E-state index is 13.2. The summed E-state index contributed by atoms with van der Waals surface area (Å²) in [6, 6.07) is 10.5. The molecule has 5 nitrogen and oxygen atoms in total. The third kappa shape index (κ3) is 3.95. The van der Waals surface area contributed by atoms with Gasteiger partial charge in [-0.05, 0) is 37.7 Å². The van der Waals surface area contributed by atoms with E-state index in [4.69, 9.17) is 0 Å². The molecule has 138 valence electrons. The van der Waals surface area contributed by atoms with Gasteiger partial charge in [-0.3, -0.25) is 4.98 Å². The summed E-state index contributed by atoms with van der Waals surface area (Å²) < 4.78 is 13.2. The molecule has 0 spiro atoms. The van der Waals surface area contributed by atoms with Crippen LogP contribution >= 0.6 is 0 Å². The van der Waals surface area contributed by atoms with Crippen LogP contribution in [0.3, 0.4) is 0 Å². The average Bonchev–Trinajstić information content (AvgIpc) is 2.69. The van der Waals surface area contributed by atoms with Crippen molar-refractivity contribution < 1.29 is 4.39 Å². The number of aromatic nitrogens is 3. The molecular formula is C21H22FN5. The second kappa shape index (κ2) is 7.40. The number of halogens is 1. The SMILES string of the molecule is Cc1nc(-c2cncc(-c3ccc(F)cc3)c2)cc(N2CCN(C)CC2)n1.